The Hall–Kier alpha value is -1.02. The van der Waals surface area contributed by atoms with E-state index in [4.69, 9.17) is 4.74 Å². The third-order valence-corrected chi connectivity index (χ3v) is 3.68. The average Bonchev–Trinajstić information content (AvgIpc) is 2.39. The maximum Gasteiger partial charge on any atom is 0.122 e. The van der Waals surface area contributed by atoms with E-state index in [-0.39, 0.29) is 0 Å². The molecule has 1 saturated carbocycles. The Bertz CT molecular complexity index is 351. The van der Waals surface area contributed by atoms with Gasteiger partial charge in [-0.1, -0.05) is 25.1 Å². The predicted octanol–water partition coefficient (Wildman–Crippen LogP) is 3.16. The topological polar surface area (TPSA) is 21.3 Å². The van der Waals surface area contributed by atoms with E-state index in [0.29, 0.717) is 12.1 Å². The molecule has 0 heterocycles. The molecule has 0 saturated heterocycles. The summed E-state index contributed by atoms with van der Waals surface area (Å²) in [6.45, 7) is 2.18. The van der Waals surface area contributed by atoms with Gasteiger partial charge in [0.1, 0.15) is 11.9 Å². The van der Waals surface area contributed by atoms with Crippen LogP contribution in [0.4, 0.5) is 0 Å². The summed E-state index contributed by atoms with van der Waals surface area (Å²) >= 11 is 0. The van der Waals surface area contributed by atoms with E-state index in [1.165, 1.54) is 24.8 Å². The summed E-state index contributed by atoms with van der Waals surface area (Å²) in [7, 11) is 2.05. The highest BCUT2D eigenvalue weighted by Crippen LogP contribution is 2.26. The number of aryl methyl sites for hydroxylation is 1. The molecular formula is C15H23NO. The molecule has 2 nitrogen and oxygen atoms in total. The van der Waals surface area contributed by atoms with Crippen molar-refractivity contribution in [3.63, 3.8) is 0 Å². The Labute approximate surface area is 104 Å². The highest BCUT2D eigenvalue weighted by molar-refractivity contribution is 5.33. The van der Waals surface area contributed by atoms with Gasteiger partial charge < -0.3 is 10.1 Å². The van der Waals surface area contributed by atoms with Gasteiger partial charge in [0.05, 0.1) is 0 Å². The van der Waals surface area contributed by atoms with Crippen molar-refractivity contribution < 1.29 is 4.74 Å². The highest BCUT2D eigenvalue weighted by atomic mass is 16.5. The van der Waals surface area contributed by atoms with Crippen LogP contribution in [0, 0.1) is 0 Å². The average molecular weight is 233 g/mol. The first-order valence-corrected chi connectivity index (χ1v) is 6.75. The molecule has 17 heavy (non-hydrogen) atoms. The minimum absolute atomic E-state index is 0.383. The summed E-state index contributed by atoms with van der Waals surface area (Å²) in [6, 6.07) is 9.04. The summed E-state index contributed by atoms with van der Waals surface area (Å²) in [4.78, 5) is 0. The molecule has 1 aromatic carbocycles. The molecule has 1 N–H and O–H groups in total. The molecule has 2 atom stereocenters. The Balaban J connectivity index is 2.00. The molecule has 0 aliphatic heterocycles. The highest BCUT2D eigenvalue weighted by Gasteiger charge is 2.22. The lowest BCUT2D eigenvalue weighted by Gasteiger charge is -2.29. The number of para-hydroxylation sites is 1. The SMILES string of the molecule is CCc1ccccc1OC1CCCC(NC)C1. The lowest BCUT2D eigenvalue weighted by molar-refractivity contribution is 0.136. The van der Waals surface area contributed by atoms with E-state index in [0.717, 1.165) is 18.6 Å². The van der Waals surface area contributed by atoms with Crippen LogP contribution in [0.25, 0.3) is 0 Å². The van der Waals surface area contributed by atoms with E-state index >= 15 is 0 Å². The number of rotatable bonds is 4. The third-order valence-electron chi connectivity index (χ3n) is 3.68. The van der Waals surface area contributed by atoms with Gasteiger partial charge in [0.2, 0.25) is 0 Å². The number of benzene rings is 1. The molecule has 0 amide bonds. The second-order valence-corrected chi connectivity index (χ2v) is 4.85. The Kier molecular flexibility index (Phi) is 4.43. The minimum Gasteiger partial charge on any atom is -0.490 e. The fraction of sp³-hybridized carbons (Fsp3) is 0.600. The second-order valence-electron chi connectivity index (χ2n) is 4.85. The van der Waals surface area contributed by atoms with Crippen LogP contribution in [0.5, 0.6) is 5.75 Å². The van der Waals surface area contributed by atoms with Crippen molar-refractivity contribution in [2.75, 3.05) is 7.05 Å². The van der Waals surface area contributed by atoms with Crippen molar-refractivity contribution >= 4 is 0 Å². The molecule has 2 rings (SSSR count). The van der Waals surface area contributed by atoms with Crippen LogP contribution in [-0.4, -0.2) is 19.2 Å². The summed E-state index contributed by atoms with van der Waals surface area (Å²) in [6.07, 6.45) is 6.30. The van der Waals surface area contributed by atoms with Gasteiger partial charge in [-0.25, -0.2) is 0 Å². The molecule has 1 aromatic rings. The number of ether oxygens (including phenoxy) is 1. The van der Waals surface area contributed by atoms with Crippen molar-refractivity contribution in [2.24, 2.45) is 0 Å². The molecule has 0 aromatic heterocycles. The van der Waals surface area contributed by atoms with Crippen LogP contribution in [0.15, 0.2) is 24.3 Å². The molecule has 1 aliphatic carbocycles. The maximum atomic E-state index is 6.17. The second kappa shape index (κ2) is 6.06. The fourth-order valence-electron chi connectivity index (χ4n) is 2.60. The van der Waals surface area contributed by atoms with Crippen LogP contribution in [-0.2, 0) is 6.42 Å². The molecule has 2 heteroatoms. The van der Waals surface area contributed by atoms with Crippen LogP contribution < -0.4 is 10.1 Å². The summed E-state index contributed by atoms with van der Waals surface area (Å²) < 4.78 is 6.17. The first kappa shape index (κ1) is 12.4. The van der Waals surface area contributed by atoms with Gasteiger partial charge in [-0.3, -0.25) is 0 Å². The number of hydrogen-bond acceptors (Lipinski definition) is 2. The zero-order valence-electron chi connectivity index (χ0n) is 10.9. The van der Waals surface area contributed by atoms with E-state index in [2.05, 4.69) is 36.5 Å². The first-order chi connectivity index (χ1) is 8.33. The molecule has 2 unspecified atom stereocenters. The van der Waals surface area contributed by atoms with Gasteiger partial charge in [0.25, 0.3) is 0 Å². The van der Waals surface area contributed by atoms with Crippen molar-refractivity contribution in [2.45, 2.75) is 51.2 Å². The predicted molar refractivity (Wildman–Crippen MR) is 71.6 cm³/mol. The van der Waals surface area contributed by atoms with Gasteiger partial charge in [-0.2, -0.15) is 0 Å². The van der Waals surface area contributed by atoms with Gasteiger partial charge >= 0.3 is 0 Å². The van der Waals surface area contributed by atoms with E-state index in [9.17, 15) is 0 Å². The van der Waals surface area contributed by atoms with E-state index in [1.54, 1.807) is 0 Å². The van der Waals surface area contributed by atoms with Gasteiger partial charge in [0.15, 0.2) is 0 Å². The standard InChI is InChI=1S/C15H23NO/c1-3-12-7-4-5-10-15(12)17-14-9-6-8-13(11-14)16-2/h4-5,7,10,13-14,16H,3,6,8-9,11H2,1-2H3. The molecule has 0 spiro atoms. The van der Waals surface area contributed by atoms with Gasteiger partial charge in [-0.05, 0) is 50.8 Å². The van der Waals surface area contributed by atoms with Crippen LogP contribution in [0.1, 0.15) is 38.2 Å². The molecule has 0 radical (unpaired) electrons. The number of hydrogen-bond donors (Lipinski definition) is 1. The summed E-state index contributed by atoms with van der Waals surface area (Å²) in [5.74, 6) is 1.08. The van der Waals surface area contributed by atoms with E-state index in [1.807, 2.05) is 7.05 Å². The fourth-order valence-corrected chi connectivity index (χ4v) is 2.60. The van der Waals surface area contributed by atoms with Crippen molar-refractivity contribution in [3.8, 4) is 5.75 Å². The van der Waals surface area contributed by atoms with Crippen molar-refractivity contribution in [3.05, 3.63) is 29.8 Å². The zero-order valence-corrected chi connectivity index (χ0v) is 10.9. The van der Waals surface area contributed by atoms with Gasteiger partial charge in [0, 0.05) is 6.04 Å². The smallest absolute Gasteiger partial charge is 0.122 e. The van der Waals surface area contributed by atoms with Crippen molar-refractivity contribution in [1.29, 1.82) is 0 Å². The zero-order chi connectivity index (χ0) is 12.1. The summed E-state index contributed by atoms with van der Waals surface area (Å²) in [5.41, 5.74) is 1.32. The summed E-state index contributed by atoms with van der Waals surface area (Å²) in [5, 5.41) is 3.37. The maximum absolute atomic E-state index is 6.17. The largest absolute Gasteiger partial charge is 0.490 e. The molecule has 94 valence electrons. The molecule has 1 aliphatic rings. The molecular weight excluding hydrogens is 210 g/mol. The molecule has 1 fully saturated rings. The van der Waals surface area contributed by atoms with Crippen molar-refractivity contribution in [1.82, 2.24) is 5.32 Å². The minimum atomic E-state index is 0.383. The van der Waals surface area contributed by atoms with Crippen LogP contribution >= 0.6 is 0 Å². The number of nitrogens with one attached hydrogen (secondary N) is 1. The quantitative estimate of drug-likeness (QED) is 0.862. The monoisotopic (exact) mass is 233 g/mol. The first-order valence-electron chi connectivity index (χ1n) is 6.75. The lowest BCUT2D eigenvalue weighted by atomic mass is 9.93. The van der Waals surface area contributed by atoms with Crippen LogP contribution in [0.3, 0.4) is 0 Å². The lowest BCUT2D eigenvalue weighted by Crippen LogP contribution is -2.36. The molecule has 0 bridgehead atoms. The van der Waals surface area contributed by atoms with Crippen LogP contribution in [0.2, 0.25) is 0 Å². The van der Waals surface area contributed by atoms with Gasteiger partial charge in [-0.15, -0.1) is 0 Å². The van der Waals surface area contributed by atoms with E-state index < -0.39 is 0 Å². The Morgan fingerprint density at radius 3 is 2.88 bits per heavy atom. The normalized spacial score (nSPS) is 24.6. The third kappa shape index (κ3) is 3.22. The Morgan fingerprint density at radius 1 is 1.29 bits per heavy atom. The Morgan fingerprint density at radius 2 is 2.12 bits per heavy atom.